The molecule has 3 aromatic heterocycles. The molecular weight excluding hydrogens is 464 g/mol. The summed E-state index contributed by atoms with van der Waals surface area (Å²) >= 11 is 0. The molecule has 0 amide bonds. The van der Waals surface area contributed by atoms with Crippen LogP contribution in [0.5, 0.6) is 0 Å². The van der Waals surface area contributed by atoms with Gasteiger partial charge in [-0.25, -0.2) is 9.97 Å². The molecule has 38 heavy (non-hydrogen) atoms. The van der Waals surface area contributed by atoms with Crippen molar-refractivity contribution in [3.8, 4) is 45.0 Å². The first-order valence-electron chi connectivity index (χ1n) is 12.6. The Morgan fingerprint density at radius 3 is 1.45 bits per heavy atom. The van der Waals surface area contributed by atoms with Gasteiger partial charge in [0.25, 0.3) is 0 Å². The Labute approximate surface area is 220 Å². The van der Waals surface area contributed by atoms with Crippen LogP contribution < -0.4 is 0 Å². The lowest BCUT2D eigenvalue weighted by molar-refractivity contribution is 1.18. The normalized spacial score (nSPS) is 11.2. The summed E-state index contributed by atoms with van der Waals surface area (Å²) in [6.45, 7) is 0. The predicted octanol–water partition coefficient (Wildman–Crippen LogP) is 8.24. The Balaban J connectivity index is 1.44. The van der Waals surface area contributed by atoms with E-state index in [0.717, 1.165) is 55.4 Å². The second kappa shape index (κ2) is 9.34. The number of fused-ring (bicyclic) bond motifs is 2. The van der Waals surface area contributed by atoms with Crippen molar-refractivity contribution in [3.05, 3.63) is 134 Å². The molecule has 0 aliphatic carbocycles. The van der Waals surface area contributed by atoms with E-state index in [9.17, 15) is 0 Å². The van der Waals surface area contributed by atoms with Crippen LogP contribution in [0.15, 0.2) is 134 Å². The lowest BCUT2D eigenvalue weighted by Gasteiger charge is -2.12. The molecule has 3 heterocycles. The number of nitrogens with zero attached hydrogens (tertiary/aromatic N) is 4. The van der Waals surface area contributed by atoms with Crippen molar-refractivity contribution in [1.29, 1.82) is 0 Å². The van der Waals surface area contributed by atoms with Gasteiger partial charge in [-0.3, -0.25) is 9.97 Å². The van der Waals surface area contributed by atoms with E-state index in [0.29, 0.717) is 5.82 Å². The second-order valence-corrected chi connectivity index (χ2v) is 9.16. The van der Waals surface area contributed by atoms with E-state index >= 15 is 0 Å². The number of hydrogen-bond acceptors (Lipinski definition) is 4. The van der Waals surface area contributed by atoms with E-state index in [4.69, 9.17) is 9.97 Å². The summed E-state index contributed by atoms with van der Waals surface area (Å²) in [6.07, 6.45) is 3.69. The van der Waals surface area contributed by atoms with Crippen LogP contribution in [0.4, 0.5) is 0 Å². The fourth-order valence-electron chi connectivity index (χ4n) is 4.93. The number of aromatic nitrogens is 4. The van der Waals surface area contributed by atoms with Crippen molar-refractivity contribution < 1.29 is 0 Å². The van der Waals surface area contributed by atoms with Crippen LogP contribution in [0.3, 0.4) is 0 Å². The largest absolute Gasteiger partial charge is 0.256 e. The molecule has 0 saturated carbocycles. The molecule has 178 valence electrons. The molecule has 4 nitrogen and oxygen atoms in total. The lowest BCUT2D eigenvalue weighted by Crippen LogP contribution is -1.97. The van der Waals surface area contributed by atoms with Crippen LogP contribution in [-0.4, -0.2) is 19.9 Å². The molecule has 7 rings (SSSR count). The topological polar surface area (TPSA) is 51.6 Å². The smallest absolute Gasteiger partial charge is 0.160 e. The van der Waals surface area contributed by atoms with Gasteiger partial charge in [0, 0.05) is 39.9 Å². The lowest BCUT2D eigenvalue weighted by atomic mass is 10.0. The van der Waals surface area contributed by atoms with Gasteiger partial charge in [0.05, 0.1) is 22.4 Å². The molecule has 0 fully saturated rings. The van der Waals surface area contributed by atoms with Gasteiger partial charge in [0.1, 0.15) is 0 Å². The van der Waals surface area contributed by atoms with Gasteiger partial charge in [-0.05, 0) is 41.5 Å². The van der Waals surface area contributed by atoms with Crippen LogP contribution in [0.2, 0.25) is 0 Å². The molecule has 0 saturated heterocycles. The summed E-state index contributed by atoms with van der Waals surface area (Å²) < 4.78 is 0. The van der Waals surface area contributed by atoms with E-state index in [1.54, 1.807) is 0 Å². The van der Waals surface area contributed by atoms with E-state index in [-0.39, 0.29) is 0 Å². The molecule has 0 bridgehead atoms. The number of rotatable bonds is 4. The van der Waals surface area contributed by atoms with Gasteiger partial charge in [0.2, 0.25) is 0 Å². The molecule has 0 aliphatic rings. The van der Waals surface area contributed by atoms with E-state index in [1.165, 1.54) is 5.56 Å². The molecule has 0 N–H and O–H groups in total. The van der Waals surface area contributed by atoms with Crippen LogP contribution in [0, 0.1) is 0 Å². The molecule has 0 atom stereocenters. The molecule has 4 aromatic carbocycles. The van der Waals surface area contributed by atoms with Crippen LogP contribution in [-0.2, 0) is 0 Å². The van der Waals surface area contributed by atoms with Crippen LogP contribution in [0.25, 0.3) is 66.8 Å². The zero-order valence-electron chi connectivity index (χ0n) is 20.5. The Bertz CT molecular complexity index is 1800. The Hall–Kier alpha value is -5.22. The molecule has 4 heteroatoms. The summed E-state index contributed by atoms with van der Waals surface area (Å²) in [6, 6.07) is 41.3. The van der Waals surface area contributed by atoms with Gasteiger partial charge < -0.3 is 0 Å². The van der Waals surface area contributed by atoms with Crippen molar-refractivity contribution in [1.82, 2.24) is 19.9 Å². The van der Waals surface area contributed by atoms with Gasteiger partial charge in [-0.1, -0.05) is 91.0 Å². The number of para-hydroxylation sites is 2. The van der Waals surface area contributed by atoms with Crippen molar-refractivity contribution in [3.63, 3.8) is 0 Å². The zero-order valence-corrected chi connectivity index (χ0v) is 20.5. The molecule has 0 aliphatic heterocycles. The number of pyridine rings is 2. The highest BCUT2D eigenvalue weighted by Crippen LogP contribution is 2.33. The number of benzene rings is 4. The highest BCUT2D eigenvalue weighted by atomic mass is 14.9. The zero-order chi connectivity index (χ0) is 25.3. The van der Waals surface area contributed by atoms with E-state index in [1.807, 2.05) is 67.0 Å². The minimum absolute atomic E-state index is 0.680. The fraction of sp³-hybridized carbons (Fsp3) is 0. The summed E-state index contributed by atoms with van der Waals surface area (Å²) in [4.78, 5) is 19.3. The SMILES string of the molecule is c1ccc(-c2ccc(-c3nc(-c4ccnc5ccccc45)cc(-c4ccnc5ccccc45)n3)cc2)cc1. The van der Waals surface area contributed by atoms with Gasteiger partial charge in [-0.15, -0.1) is 0 Å². The third kappa shape index (κ3) is 3.98. The average molecular weight is 487 g/mol. The van der Waals surface area contributed by atoms with Gasteiger partial charge >= 0.3 is 0 Å². The predicted molar refractivity (Wildman–Crippen MR) is 154 cm³/mol. The monoisotopic (exact) mass is 486 g/mol. The van der Waals surface area contributed by atoms with Crippen LogP contribution >= 0.6 is 0 Å². The minimum atomic E-state index is 0.680. The molecule has 0 radical (unpaired) electrons. The summed E-state index contributed by atoms with van der Waals surface area (Å²) in [7, 11) is 0. The van der Waals surface area contributed by atoms with Gasteiger partial charge in [0.15, 0.2) is 5.82 Å². The van der Waals surface area contributed by atoms with Crippen LogP contribution in [0.1, 0.15) is 0 Å². The van der Waals surface area contributed by atoms with Gasteiger partial charge in [-0.2, -0.15) is 0 Å². The quantitative estimate of drug-likeness (QED) is 0.251. The summed E-state index contributed by atoms with van der Waals surface area (Å²) in [5.74, 6) is 0.680. The third-order valence-corrected chi connectivity index (χ3v) is 6.83. The minimum Gasteiger partial charge on any atom is -0.256 e. The Morgan fingerprint density at radius 2 is 0.868 bits per heavy atom. The average Bonchev–Trinajstić information content (AvgIpc) is 3.01. The summed E-state index contributed by atoms with van der Waals surface area (Å²) in [5, 5.41) is 2.12. The molecule has 0 unspecified atom stereocenters. The maximum Gasteiger partial charge on any atom is 0.160 e. The highest BCUT2D eigenvalue weighted by molar-refractivity contribution is 5.97. The van der Waals surface area contributed by atoms with Crippen molar-refractivity contribution in [2.24, 2.45) is 0 Å². The standard InChI is InChI=1S/C34H22N4/c1-2-8-23(9-3-1)24-14-16-25(17-15-24)34-37-32(28-18-20-35-30-12-6-4-10-26(28)30)22-33(38-34)29-19-21-36-31-13-7-5-11-27(29)31/h1-22H. The third-order valence-electron chi connectivity index (χ3n) is 6.83. The first-order chi connectivity index (χ1) is 18.8. The second-order valence-electron chi connectivity index (χ2n) is 9.16. The first kappa shape index (κ1) is 22.0. The molecule has 7 aromatic rings. The van der Waals surface area contributed by atoms with Crippen molar-refractivity contribution >= 4 is 21.8 Å². The first-order valence-corrected chi connectivity index (χ1v) is 12.6. The Kier molecular flexibility index (Phi) is 5.41. The maximum absolute atomic E-state index is 5.08. The molecule has 0 spiro atoms. The highest BCUT2D eigenvalue weighted by Gasteiger charge is 2.15. The van der Waals surface area contributed by atoms with Crippen molar-refractivity contribution in [2.75, 3.05) is 0 Å². The van der Waals surface area contributed by atoms with E-state index in [2.05, 4.69) is 76.7 Å². The van der Waals surface area contributed by atoms with Crippen molar-refractivity contribution in [2.45, 2.75) is 0 Å². The Morgan fingerprint density at radius 1 is 0.395 bits per heavy atom. The summed E-state index contributed by atoms with van der Waals surface area (Å²) in [5.41, 5.74) is 8.95. The number of hydrogen-bond donors (Lipinski definition) is 0. The fourth-order valence-corrected chi connectivity index (χ4v) is 4.93. The van der Waals surface area contributed by atoms with E-state index < -0.39 is 0 Å². The molecular formula is C34H22N4. The maximum atomic E-state index is 5.08.